The minimum atomic E-state index is -0.678. The van der Waals surface area contributed by atoms with Gasteiger partial charge in [0.2, 0.25) is 0 Å². The third-order valence-corrected chi connectivity index (χ3v) is 10.3. The quantitative estimate of drug-likeness (QED) is 0.406. The third-order valence-electron chi connectivity index (χ3n) is 10.3. The minimum Gasteiger partial charge on any atom is -0.390 e. The molecule has 0 spiro atoms. The van der Waals surface area contributed by atoms with E-state index in [-0.39, 0.29) is 21.7 Å². The van der Waals surface area contributed by atoms with Crippen molar-refractivity contribution in [2.45, 2.75) is 118 Å². The van der Waals surface area contributed by atoms with Crippen LogP contribution in [-0.2, 0) is 0 Å². The number of hydrogen-bond donors (Lipinski definition) is 3. The number of aliphatic hydroxyl groups is 3. The maximum atomic E-state index is 10.2. The Morgan fingerprint density at radius 2 is 1.58 bits per heavy atom. The standard InChI is InChI=1S/C30H48O3/c1-21-24(31)19-22(20-25(21)32)12-13-23-11-9-16-30(8)28(23,6)17-18-29(30,7)26(2,3)14-10-15-27(4,5)33/h10,12-14,24-25,31-33H,1,9,11,15-20H2,2-8H3/b14-10+,23-13+/t24-,25-,28+,29-,30+/m1/s1. The first kappa shape index (κ1) is 26.4. The predicted molar refractivity (Wildman–Crippen MR) is 138 cm³/mol. The van der Waals surface area contributed by atoms with Crippen LogP contribution in [0.5, 0.6) is 0 Å². The van der Waals surface area contributed by atoms with Gasteiger partial charge >= 0.3 is 0 Å². The molecule has 0 aromatic carbocycles. The molecule has 0 aromatic heterocycles. The summed E-state index contributed by atoms with van der Waals surface area (Å²) in [5, 5.41) is 30.6. The Kier molecular flexibility index (Phi) is 7.06. The lowest BCUT2D eigenvalue weighted by Crippen LogP contribution is -2.51. The fraction of sp³-hybridized carbons (Fsp3) is 0.733. The smallest absolute Gasteiger partial charge is 0.0809 e. The van der Waals surface area contributed by atoms with Crippen LogP contribution in [0.2, 0.25) is 0 Å². The minimum absolute atomic E-state index is 0.0175. The molecule has 5 atom stereocenters. The topological polar surface area (TPSA) is 60.7 Å². The molecule has 3 N–H and O–H groups in total. The summed E-state index contributed by atoms with van der Waals surface area (Å²) in [7, 11) is 0. The molecule has 0 bridgehead atoms. The normalized spacial score (nSPS) is 39.4. The maximum absolute atomic E-state index is 10.2. The molecule has 0 unspecified atom stereocenters. The summed E-state index contributed by atoms with van der Waals surface area (Å²) in [5.74, 6) is 0. The molecule has 33 heavy (non-hydrogen) atoms. The van der Waals surface area contributed by atoms with Crippen LogP contribution >= 0.6 is 0 Å². The van der Waals surface area contributed by atoms with Crippen molar-refractivity contribution in [3.05, 3.63) is 47.6 Å². The van der Waals surface area contributed by atoms with Gasteiger partial charge in [-0.25, -0.2) is 0 Å². The molecule has 0 aliphatic heterocycles. The Labute approximate surface area is 202 Å². The second-order valence-electron chi connectivity index (χ2n) is 13.0. The van der Waals surface area contributed by atoms with Crippen LogP contribution < -0.4 is 0 Å². The summed E-state index contributed by atoms with van der Waals surface area (Å²) >= 11 is 0. The summed E-state index contributed by atoms with van der Waals surface area (Å²) in [4.78, 5) is 0. The van der Waals surface area contributed by atoms with Crippen molar-refractivity contribution in [1.29, 1.82) is 0 Å². The van der Waals surface area contributed by atoms with E-state index < -0.39 is 17.8 Å². The highest BCUT2D eigenvalue weighted by molar-refractivity contribution is 5.34. The molecule has 3 aliphatic carbocycles. The van der Waals surface area contributed by atoms with Crippen molar-refractivity contribution >= 4 is 0 Å². The van der Waals surface area contributed by atoms with Crippen LogP contribution in [0.4, 0.5) is 0 Å². The van der Waals surface area contributed by atoms with Crippen LogP contribution in [0, 0.1) is 21.7 Å². The van der Waals surface area contributed by atoms with E-state index in [1.807, 2.05) is 13.8 Å². The molecule has 3 heteroatoms. The second-order valence-corrected chi connectivity index (χ2v) is 13.0. The first-order valence-electron chi connectivity index (χ1n) is 12.9. The Hall–Kier alpha value is -1.16. The van der Waals surface area contributed by atoms with Crippen molar-refractivity contribution in [2.75, 3.05) is 0 Å². The van der Waals surface area contributed by atoms with E-state index >= 15 is 0 Å². The van der Waals surface area contributed by atoms with Gasteiger partial charge in [-0.05, 0) is 92.4 Å². The van der Waals surface area contributed by atoms with E-state index in [2.05, 4.69) is 65.5 Å². The number of hydrogen-bond acceptors (Lipinski definition) is 3. The largest absolute Gasteiger partial charge is 0.390 e. The van der Waals surface area contributed by atoms with Crippen LogP contribution in [-0.4, -0.2) is 33.1 Å². The van der Waals surface area contributed by atoms with Gasteiger partial charge in [0.1, 0.15) is 0 Å². The summed E-state index contributed by atoms with van der Waals surface area (Å²) in [5.41, 5.74) is 2.97. The second kappa shape index (κ2) is 8.81. The van der Waals surface area contributed by atoms with E-state index in [4.69, 9.17) is 0 Å². The molecular formula is C30H48O3. The summed E-state index contributed by atoms with van der Waals surface area (Å²) in [6.45, 7) is 19.8. The zero-order valence-electron chi connectivity index (χ0n) is 22.2. The molecule has 0 saturated heterocycles. The molecule has 3 saturated carbocycles. The molecule has 0 heterocycles. The molecule has 3 fully saturated rings. The molecule has 3 nitrogen and oxygen atoms in total. The Balaban J connectivity index is 1.91. The van der Waals surface area contributed by atoms with Gasteiger partial charge in [-0.3, -0.25) is 0 Å². The zero-order valence-corrected chi connectivity index (χ0v) is 22.2. The molecule has 0 aromatic rings. The summed E-state index contributed by atoms with van der Waals surface area (Å²) in [6.07, 6.45) is 15.5. The van der Waals surface area contributed by atoms with E-state index in [0.29, 0.717) is 24.8 Å². The Bertz CT molecular complexity index is 838. The lowest BCUT2D eigenvalue weighted by Gasteiger charge is -2.59. The number of aliphatic hydroxyl groups excluding tert-OH is 2. The molecule has 0 amide bonds. The first-order chi connectivity index (χ1) is 15.1. The fourth-order valence-electron chi connectivity index (χ4n) is 7.18. The average Bonchev–Trinajstić information content (AvgIpc) is 2.92. The van der Waals surface area contributed by atoms with E-state index in [1.54, 1.807) is 0 Å². The Morgan fingerprint density at radius 1 is 0.970 bits per heavy atom. The molecular weight excluding hydrogens is 408 g/mol. The fourth-order valence-corrected chi connectivity index (χ4v) is 7.18. The van der Waals surface area contributed by atoms with E-state index in [0.717, 1.165) is 12.0 Å². The highest BCUT2D eigenvalue weighted by atomic mass is 16.3. The maximum Gasteiger partial charge on any atom is 0.0809 e. The van der Waals surface area contributed by atoms with Gasteiger partial charge in [-0.15, -0.1) is 0 Å². The molecule has 0 radical (unpaired) electrons. The van der Waals surface area contributed by atoms with Gasteiger partial charge in [0, 0.05) is 0 Å². The summed E-state index contributed by atoms with van der Waals surface area (Å²) in [6, 6.07) is 0. The number of fused-ring (bicyclic) bond motifs is 1. The van der Waals surface area contributed by atoms with Crippen LogP contribution in [0.1, 0.15) is 99.8 Å². The Morgan fingerprint density at radius 3 is 2.15 bits per heavy atom. The van der Waals surface area contributed by atoms with Crippen LogP contribution in [0.3, 0.4) is 0 Å². The monoisotopic (exact) mass is 456 g/mol. The lowest BCUT2D eigenvalue weighted by atomic mass is 9.45. The predicted octanol–water partition coefficient (Wildman–Crippen LogP) is 6.65. The molecule has 3 aliphatic rings. The molecule has 3 rings (SSSR count). The van der Waals surface area contributed by atoms with Crippen LogP contribution in [0.25, 0.3) is 0 Å². The average molecular weight is 457 g/mol. The van der Waals surface area contributed by atoms with Gasteiger partial charge in [-0.1, -0.05) is 76.6 Å². The SMILES string of the molecule is C=C1[C@H](O)CC(=C/C=C2\CCC[C@@]3(C)[C@@]2(C)CC[C@]3(C)C(C)(C)/C=C/CC(C)(C)O)C[C@H]1O. The van der Waals surface area contributed by atoms with Gasteiger partial charge in [0.15, 0.2) is 0 Å². The highest BCUT2D eigenvalue weighted by Gasteiger charge is 2.66. The third kappa shape index (κ3) is 4.58. The van der Waals surface area contributed by atoms with Gasteiger partial charge in [0.05, 0.1) is 17.8 Å². The molecule has 186 valence electrons. The highest BCUT2D eigenvalue weighted by Crippen LogP contribution is 2.74. The van der Waals surface area contributed by atoms with E-state index in [9.17, 15) is 15.3 Å². The van der Waals surface area contributed by atoms with Crippen LogP contribution in [0.15, 0.2) is 47.6 Å². The van der Waals surface area contributed by atoms with Crippen molar-refractivity contribution in [2.24, 2.45) is 21.7 Å². The van der Waals surface area contributed by atoms with Crippen molar-refractivity contribution in [3.8, 4) is 0 Å². The number of rotatable bonds is 5. The lowest BCUT2D eigenvalue weighted by molar-refractivity contribution is -0.0570. The first-order valence-corrected chi connectivity index (χ1v) is 12.9. The van der Waals surface area contributed by atoms with Crippen molar-refractivity contribution in [1.82, 2.24) is 0 Å². The summed E-state index contributed by atoms with van der Waals surface area (Å²) < 4.78 is 0. The van der Waals surface area contributed by atoms with Gasteiger partial charge < -0.3 is 15.3 Å². The zero-order chi connectivity index (χ0) is 24.9. The van der Waals surface area contributed by atoms with Crippen molar-refractivity contribution < 1.29 is 15.3 Å². The van der Waals surface area contributed by atoms with E-state index in [1.165, 1.54) is 31.3 Å². The van der Waals surface area contributed by atoms with Gasteiger partial charge in [-0.2, -0.15) is 0 Å². The van der Waals surface area contributed by atoms with Crippen molar-refractivity contribution in [3.63, 3.8) is 0 Å². The number of allylic oxidation sites excluding steroid dienone is 4. The van der Waals surface area contributed by atoms with Gasteiger partial charge in [0.25, 0.3) is 0 Å².